The van der Waals surface area contributed by atoms with Crippen LogP contribution in [-0.4, -0.2) is 85.7 Å². The van der Waals surface area contributed by atoms with Crippen LogP contribution in [0.3, 0.4) is 0 Å². The van der Waals surface area contributed by atoms with E-state index >= 15 is 0 Å². The molecule has 9 heteroatoms. The van der Waals surface area contributed by atoms with E-state index in [0.29, 0.717) is 29.5 Å². The van der Waals surface area contributed by atoms with Gasteiger partial charge in [-0.3, -0.25) is 9.69 Å². The fraction of sp³-hybridized carbons (Fsp3) is 0.583. The molecule has 2 aliphatic rings. The van der Waals surface area contributed by atoms with E-state index in [4.69, 9.17) is 26.4 Å². The third-order valence-electron chi connectivity index (χ3n) is 6.26. The van der Waals surface area contributed by atoms with Gasteiger partial charge in [0.1, 0.15) is 5.75 Å². The Balaban J connectivity index is 1.40. The van der Waals surface area contributed by atoms with Crippen molar-refractivity contribution in [1.82, 2.24) is 20.1 Å². The van der Waals surface area contributed by atoms with Crippen molar-refractivity contribution >= 4 is 28.2 Å². The van der Waals surface area contributed by atoms with E-state index in [0.717, 1.165) is 76.2 Å². The smallest absolute Gasteiger partial charge is 0.253 e. The van der Waals surface area contributed by atoms with Gasteiger partial charge < -0.3 is 29.4 Å². The number of methoxy groups -OCH3 is 1. The van der Waals surface area contributed by atoms with Crippen LogP contribution in [0.5, 0.6) is 5.75 Å². The molecule has 2 saturated heterocycles. The third-order valence-corrected chi connectivity index (χ3v) is 6.66. The molecule has 0 bridgehead atoms. The lowest BCUT2D eigenvalue weighted by Gasteiger charge is -2.29. The minimum atomic E-state index is -0.108. The number of aromatic nitrogens is 1. The van der Waals surface area contributed by atoms with Crippen molar-refractivity contribution in [2.75, 3.05) is 59.7 Å². The lowest BCUT2D eigenvalue weighted by Crippen LogP contribution is -2.45. The minimum absolute atomic E-state index is 0.108. The number of benzene rings is 1. The molecule has 0 saturated carbocycles. The molecule has 8 nitrogen and oxygen atoms in total. The van der Waals surface area contributed by atoms with Crippen LogP contribution < -0.4 is 15.6 Å². The van der Waals surface area contributed by atoms with Gasteiger partial charge >= 0.3 is 0 Å². The Labute approximate surface area is 200 Å². The maximum Gasteiger partial charge on any atom is 0.253 e. The van der Waals surface area contributed by atoms with Gasteiger partial charge in [-0.15, -0.1) is 0 Å². The summed E-state index contributed by atoms with van der Waals surface area (Å²) < 4.78 is 16.5. The summed E-state index contributed by atoms with van der Waals surface area (Å²) in [6, 6.07) is 7.64. The molecule has 0 radical (unpaired) electrons. The molecular weight excluding hydrogens is 440 g/mol. The summed E-state index contributed by atoms with van der Waals surface area (Å²) in [6.07, 6.45) is 3.23. The normalized spacial score (nSPS) is 19.0. The zero-order chi connectivity index (χ0) is 23.0. The first kappa shape index (κ1) is 23.9. The standard InChI is InChI=1S/C24H34N4O4S/c1-30-20-6-5-18-14-19(23(29)26-22(18)15-20)16-28(17-21-4-2-11-32-21)24(33)25-7-3-8-27-9-12-31-13-10-27/h5-6,14-15,21H,2-4,7-13,16-17H2,1H3,(H,25,33)(H,26,29)/t21-/m0/s1. The number of hydrogen-bond donors (Lipinski definition) is 2. The lowest BCUT2D eigenvalue weighted by molar-refractivity contribution is 0.0375. The molecule has 1 aromatic carbocycles. The van der Waals surface area contributed by atoms with Crippen molar-refractivity contribution in [3.8, 4) is 5.75 Å². The fourth-order valence-electron chi connectivity index (χ4n) is 4.36. The predicted molar refractivity (Wildman–Crippen MR) is 133 cm³/mol. The van der Waals surface area contributed by atoms with E-state index in [1.807, 2.05) is 24.3 Å². The number of nitrogens with one attached hydrogen (secondary N) is 2. The fourth-order valence-corrected chi connectivity index (χ4v) is 4.60. The number of pyridine rings is 1. The minimum Gasteiger partial charge on any atom is -0.497 e. The SMILES string of the molecule is COc1ccc2cc(CN(C[C@@H]3CCCO3)C(=S)NCCCN3CCOCC3)c(=O)[nH]c2c1. The molecule has 2 N–H and O–H groups in total. The van der Waals surface area contributed by atoms with Crippen molar-refractivity contribution in [2.45, 2.75) is 31.9 Å². The molecule has 0 unspecified atom stereocenters. The number of thiocarbonyl (C=S) groups is 1. The number of fused-ring (bicyclic) bond motifs is 1. The number of nitrogens with zero attached hydrogens (tertiary/aromatic N) is 2. The van der Waals surface area contributed by atoms with Crippen molar-refractivity contribution in [2.24, 2.45) is 0 Å². The average Bonchev–Trinajstić information content (AvgIpc) is 3.35. The highest BCUT2D eigenvalue weighted by Crippen LogP contribution is 2.20. The van der Waals surface area contributed by atoms with Gasteiger partial charge in [-0.05, 0) is 61.6 Å². The molecular formula is C24H34N4O4S. The monoisotopic (exact) mass is 474 g/mol. The number of hydrogen-bond acceptors (Lipinski definition) is 6. The van der Waals surface area contributed by atoms with Crippen LogP contribution in [0.4, 0.5) is 0 Å². The van der Waals surface area contributed by atoms with Crippen molar-refractivity contribution in [3.05, 3.63) is 40.2 Å². The highest BCUT2D eigenvalue weighted by Gasteiger charge is 2.22. The van der Waals surface area contributed by atoms with Gasteiger partial charge in [0, 0.05) is 44.4 Å². The van der Waals surface area contributed by atoms with E-state index in [-0.39, 0.29) is 11.7 Å². The van der Waals surface area contributed by atoms with Crippen LogP contribution >= 0.6 is 12.2 Å². The number of ether oxygens (including phenoxy) is 3. The Morgan fingerprint density at radius 3 is 2.91 bits per heavy atom. The molecule has 33 heavy (non-hydrogen) atoms. The van der Waals surface area contributed by atoms with Gasteiger partial charge in [0.2, 0.25) is 0 Å². The van der Waals surface area contributed by atoms with Gasteiger partial charge in [0.15, 0.2) is 5.11 Å². The summed E-state index contributed by atoms with van der Waals surface area (Å²) in [7, 11) is 1.62. The maximum atomic E-state index is 12.8. The first-order valence-corrected chi connectivity index (χ1v) is 12.2. The van der Waals surface area contributed by atoms with E-state index in [1.54, 1.807) is 7.11 Å². The molecule has 2 aliphatic heterocycles. The summed E-state index contributed by atoms with van der Waals surface area (Å²) in [6.45, 7) is 7.34. The van der Waals surface area contributed by atoms with E-state index < -0.39 is 0 Å². The molecule has 4 rings (SSSR count). The zero-order valence-corrected chi connectivity index (χ0v) is 20.1. The maximum absolute atomic E-state index is 12.8. The molecule has 1 atom stereocenters. The number of aromatic amines is 1. The number of H-pyrrole nitrogens is 1. The first-order valence-electron chi connectivity index (χ1n) is 11.8. The first-order chi connectivity index (χ1) is 16.1. The Bertz CT molecular complexity index is 986. The Morgan fingerprint density at radius 2 is 2.15 bits per heavy atom. The highest BCUT2D eigenvalue weighted by molar-refractivity contribution is 7.80. The van der Waals surface area contributed by atoms with Gasteiger partial charge in [-0.25, -0.2) is 0 Å². The van der Waals surface area contributed by atoms with E-state index in [1.165, 1.54) is 0 Å². The largest absolute Gasteiger partial charge is 0.497 e. The Morgan fingerprint density at radius 1 is 1.30 bits per heavy atom. The Kier molecular flexibility index (Phi) is 8.55. The summed E-state index contributed by atoms with van der Waals surface area (Å²) >= 11 is 5.75. The molecule has 180 valence electrons. The van der Waals surface area contributed by atoms with Crippen LogP contribution in [0.25, 0.3) is 10.9 Å². The van der Waals surface area contributed by atoms with Gasteiger partial charge in [0.25, 0.3) is 5.56 Å². The molecule has 1 aromatic heterocycles. The summed E-state index contributed by atoms with van der Waals surface area (Å²) in [5.41, 5.74) is 1.34. The third kappa shape index (κ3) is 6.66. The zero-order valence-electron chi connectivity index (χ0n) is 19.3. The second-order valence-electron chi connectivity index (χ2n) is 8.63. The van der Waals surface area contributed by atoms with Crippen LogP contribution in [0.2, 0.25) is 0 Å². The summed E-state index contributed by atoms with van der Waals surface area (Å²) in [4.78, 5) is 20.3. The summed E-state index contributed by atoms with van der Waals surface area (Å²) in [5, 5.41) is 5.04. The molecule has 0 spiro atoms. The molecule has 0 amide bonds. The van der Waals surface area contributed by atoms with Crippen LogP contribution in [0.15, 0.2) is 29.1 Å². The quantitative estimate of drug-likeness (QED) is 0.423. The van der Waals surface area contributed by atoms with E-state index in [9.17, 15) is 4.79 Å². The molecule has 2 aromatic rings. The van der Waals surface area contributed by atoms with E-state index in [2.05, 4.69) is 20.1 Å². The van der Waals surface area contributed by atoms with Crippen molar-refractivity contribution < 1.29 is 14.2 Å². The Hall–Kier alpha value is -2.20. The second-order valence-corrected chi connectivity index (χ2v) is 9.02. The number of rotatable bonds is 9. The van der Waals surface area contributed by atoms with Gasteiger partial charge in [-0.2, -0.15) is 0 Å². The molecule has 3 heterocycles. The van der Waals surface area contributed by atoms with Crippen molar-refractivity contribution in [3.63, 3.8) is 0 Å². The molecule has 0 aliphatic carbocycles. The van der Waals surface area contributed by atoms with Crippen LogP contribution in [0.1, 0.15) is 24.8 Å². The topological polar surface area (TPSA) is 79.1 Å². The highest BCUT2D eigenvalue weighted by atomic mass is 32.1. The summed E-state index contributed by atoms with van der Waals surface area (Å²) in [5.74, 6) is 0.716. The second kappa shape index (κ2) is 11.8. The van der Waals surface area contributed by atoms with Gasteiger partial charge in [-0.1, -0.05) is 0 Å². The average molecular weight is 475 g/mol. The lowest BCUT2D eigenvalue weighted by atomic mass is 10.1. The number of morpholine rings is 1. The van der Waals surface area contributed by atoms with Crippen LogP contribution in [-0.2, 0) is 16.0 Å². The molecule has 2 fully saturated rings. The van der Waals surface area contributed by atoms with Crippen LogP contribution in [0, 0.1) is 0 Å². The van der Waals surface area contributed by atoms with Crippen molar-refractivity contribution in [1.29, 1.82) is 0 Å². The predicted octanol–water partition coefficient (Wildman–Crippen LogP) is 2.11. The van der Waals surface area contributed by atoms with Gasteiger partial charge in [0.05, 0.1) is 38.5 Å².